The molecule has 0 bridgehead atoms. The van der Waals surface area contributed by atoms with Gasteiger partial charge in [-0.1, -0.05) is 6.07 Å². The van der Waals surface area contributed by atoms with Crippen LogP contribution in [0.15, 0.2) is 24.4 Å². The van der Waals surface area contributed by atoms with E-state index in [4.69, 9.17) is 0 Å². The molecule has 17 heavy (non-hydrogen) atoms. The van der Waals surface area contributed by atoms with Crippen molar-refractivity contribution >= 4 is 0 Å². The van der Waals surface area contributed by atoms with Crippen molar-refractivity contribution in [3.05, 3.63) is 30.1 Å². The van der Waals surface area contributed by atoms with Gasteiger partial charge in [-0.25, -0.2) is 0 Å². The van der Waals surface area contributed by atoms with Gasteiger partial charge in [0, 0.05) is 31.4 Å². The van der Waals surface area contributed by atoms with Gasteiger partial charge in [-0.05, 0) is 51.0 Å². The predicted octanol–water partition coefficient (Wildman–Crippen LogP) is 1.56. The van der Waals surface area contributed by atoms with Crippen LogP contribution in [-0.4, -0.2) is 43.1 Å². The van der Waals surface area contributed by atoms with Crippen molar-refractivity contribution in [1.82, 2.24) is 15.2 Å². The summed E-state index contributed by atoms with van der Waals surface area (Å²) >= 11 is 0. The Morgan fingerprint density at radius 3 is 3.18 bits per heavy atom. The van der Waals surface area contributed by atoms with Crippen molar-refractivity contribution in [2.45, 2.75) is 19.3 Å². The van der Waals surface area contributed by atoms with Gasteiger partial charge in [0.2, 0.25) is 0 Å². The van der Waals surface area contributed by atoms with Crippen LogP contribution in [0.25, 0.3) is 0 Å². The monoisotopic (exact) mass is 233 g/mol. The van der Waals surface area contributed by atoms with E-state index in [1.165, 1.54) is 31.6 Å². The summed E-state index contributed by atoms with van der Waals surface area (Å²) in [6.07, 6.45) is 5.62. The normalized spacial score (nSPS) is 21.6. The minimum absolute atomic E-state index is 0.831. The van der Waals surface area contributed by atoms with Gasteiger partial charge < -0.3 is 10.2 Å². The van der Waals surface area contributed by atoms with Gasteiger partial charge in [-0.15, -0.1) is 0 Å². The number of hydrogen-bond acceptors (Lipinski definition) is 3. The predicted molar refractivity (Wildman–Crippen MR) is 71.0 cm³/mol. The van der Waals surface area contributed by atoms with E-state index in [0.29, 0.717) is 0 Å². The number of piperidine rings is 1. The van der Waals surface area contributed by atoms with Crippen molar-refractivity contribution in [1.29, 1.82) is 0 Å². The minimum atomic E-state index is 0.831. The van der Waals surface area contributed by atoms with Gasteiger partial charge in [0.1, 0.15) is 0 Å². The van der Waals surface area contributed by atoms with E-state index in [2.05, 4.69) is 34.4 Å². The van der Waals surface area contributed by atoms with E-state index in [1.54, 1.807) is 0 Å². The Balaban J connectivity index is 1.60. The summed E-state index contributed by atoms with van der Waals surface area (Å²) < 4.78 is 0. The van der Waals surface area contributed by atoms with Crippen LogP contribution in [-0.2, 0) is 6.42 Å². The molecule has 1 aliphatic heterocycles. The number of rotatable bonds is 5. The van der Waals surface area contributed by atoms with E-state index in [1.807, 2.05) is 12.3 Å². The molecule has 1 aromatic rings. The Hall–Kier alpha value is -0.930. The van der Waals surface area contributed by atoms with E-state index in [9.17, 15) is 0 Å². The number of hydrogen-bond donors (Lipinski definition) is 1. The van der Waals surface area contributed by atoms with Crippen LogP contribution in [0, 0.1) is 5.92 Å². The zero-order chi connectivity index (χ0) is 11.9. The SMILES string of the molecule is CN1CCCC(CNCCc2ccccn2)C1. The highest BCUT2D eigenvalue weighted by atomic mass is 15.1. The second kappa shape index (κ2) is 6.72. The summed E-state index contributed by atoms with van der Waals surface area (Å²) in [4.78, 5) is 6.77. The molecule has 1 saturated heterocycles. The van der Waals surface area contributed by atoms with Crippen LogP contribution in [0.2, 0.25) is 0 Å². The van der Waals surface area contributed by atoms with Crippen molar-refractivity contribution < 1.29 is 0 Å². The quantitative estimate of drug-likeness (QED) is 0.782. The zero-order valence-electron chi connectivity index (χ0n) is 10.7. The smallest absolute Gasteiger partial charge is 0.0416 e. The van der Waals surface area contributed by atoms with Crippen LogP contribution in [0.3, 0.4) is 0 Å². The molecule has 2 rings (SSSR count). The molecule has 0 spiro atoms. The number of likely N-dealkylation sites (tertiary alicyclic amines) is 1. The molecule has 1 aliphatic rings. The summed E-state index contributed by atoms with van der Waals surface area (Å²) in [6.45, 7) is 4.70. The Bertz CT molecular complexity index is 313. The van der Waals surface area contributed by atoms with Gasteiger partial charge >= 0.3 is 0 Å². The first-order chi connectivity index (χ1) is 8.34. The lowest BCUT2D eigenvalue weighted by atomic mass is 9.98. The molecule has 1 N–H and O–H groups in total. The van der Waals surface area contributed by atoms with Crippen molar-refractivity contribution in [2.24, 2.45) is 5.92 Å². The highest BCUT2D eigenvalue weighted by Crippen LogP contribution is 2.13. The molecule has 1 unspecified atom stereocenters. The van der Waals surface area contributed by atoms with Crippen molar-refractivity contribution in [2.75, 3.05) is 33.2 Å². The van der Waals surface area contributed by atoms with Crippen LogP contribution in [0.4, 0.5) is 0 Å². The molecule has 1 aromatic heterocycles. The molecule has 1 atom stereocenters. The molecule has 94 valence electrons. The number of nitrogens with one attached hydrogen (secondary N) is 1. The lowest BCUT2D eigenvalue weighted by Crippen LogP contribution is -2.37. The molecular formula is C14H23N3. The van der Waals surface area contributed by atoms with Crippen LogP contribution in [0.5, 0.6) is 0 Å². The van der Waals surface area contributed by atoms with Crippen LogP contribution in [0.1, 0.15) is 18.5 Å². The van der Waals surface area contributed by atoms with E-state index >= 15 is 0 Å². The third-order valence-corrected chi connectivity index (χ3v) is 3.44. The van der Waals surface area contributed by atoms with Crippen LogP contribution < -0.4 is 5.32 Å². The zero-order valence-corrected chi connectivity index (χ0v) is 10.7. The maximum absolute atomic E-state index is 4.33. The molecule has 0 saturated carbocycles. The molecule has 3 heteroatoms. The Morgan fingerprint density at radius 1 is 1.47 bits per heavy atom. The summed E-state index contributed by atoms with van der Waals surface area (Å²) in [5.41, 5.74) is 1.18. The topological polar surface area (TPSA) is 28.2 Å². The van der Waals surface area contributed by atoms with E-state index in [0.717, 1.165) is 25.4 Å². The van der Waals surface area contributed by atoms with Crippen molar-refractivity contribution in [3.8, 4) is 0 Å². The van der Waals surface area contributed by atoms with E-state index in [-0.39, 0.29) is 0 Å². The molecule has 0 radical (unpaired) electrons. The summed E-state index contributed by atoms with van der Waals surface area (Å²) in [7, 11) is 2.22. The third-order valence-electron chi connectivity index (χ3n) is 3.44. The Kier molecular flexibility index (Phi) is 4.95. The van der Waals surface area contributed by atoms with Gasteiger partial charge in [-0.2, -0.15) is 0 Å². The van der Waals surface area contributed by atoms with Crippen LogP contribution >= 0.6 is 0 Å². The first-order valence-electron chi connectivity index (χ1n) is 6.64. The molecule has 0 amide bonds. The number of nitrogens with zero attached hydrogens (tertiary/aromatic N) is 2. The molecule has 0 aliphatic carbocycles. The number of aromatic nitrogens is 1. The Morgan fingerprint density at radius 2 is 2.41 bits per heavy atom. The molecular weight excluding hydrogens is 210 g/mol. The molecule has 1 fully saturated rings. The largest absolute Gasteiger partial charge is 0.316 e. The Labute approximate surface area is 104 Å². The second-order valence-corrected chi connectivity index (χ2v) is 5.05. The van der Waals surface area contributed by atoms with Gasteiger partial charge in [-0.3, -0.25) is 4.98 Å². The summed E-state index contributed by atoms with van der Waals surface area (Å²) in [5.74, 6) is 0.831. The highest BCUT2D eigenvalue weighted by molar-refractivity contribution is 5.03. The first-order valence-corrected chi connectivity index (χ1v) is 6.64. The lowest BCUT2D eigenvalue weighted by molar-refractivity contribution is 0.206. The maximum atomic E-state index is 4.33. The van der Waals surface area contributed by atoms with Gasteiger partial charge in [0.05, 0.1) is 0 Å². The summed E-state index contributed by atoms with van der Waals surface area (Å²) in [5, 5.41) is 3.56. The molecule has 0 aromatic carbocycles. The van der Waals surface area contributed by atoms with Gasteiger partial charge in [0.25, 0.3) is 0 Å². The first kappa shape index (κ1) is 12.5. The fourth-order valence-electron chi connectivity index (χ4n) is 2.51. The highest BCUT2D eigenvalue weighted by Gasteiger charge is 2.16. The maximum Gasteiger partial charge on any atom is 0.0416 e. The lowest BCUT2D eigenvalue weighted by Gasteiger charge is -2.29. The van der Waals surface area contributed by atoms with Gasteiger partial charge in [0.15, 0.2) is 0 Å². The third kappa shape index (κ3) is 4.44. The molecule has 3 nitrogen and oxygen atoms in total. The standard InChI is InChI=1S/C14H23N3/c1-17-10-4-5-13(12-17)11-15-9-7-14-6-2-3-8-16-14/h2-3,6,8,13,15H,4-5,7,9-12H2,1H3. The fourth-order valence-corrected chi connectivity index (χ4v) is 2.51. The van der Waals surface area contributed by atoms with Crippen molar-refractivity contribution in [3.63, 3.8) is 0 Å². The average Bonchev–Trinajstić information content (AvgIpc) is 2.36. The molecule has 2 heterocycles. The second-order valence-electron chi connectivity index (χ2n) is 5.05. The van der Waals surface area contributed by atoms with E-state index < -0.39 is 0 Å². The fraction of sp³-hybridized carbons (Fsp3) is 0.643. The average molecular weight is 233 g/mol. The summed E-state index contributed by atoms with van der Waals surface area (Å²) in [6, 6.07) is 6.11. The minimum Gasteiger partial charge on any atom is -0.316 e. The number of pyridine rings is 1.